The summed E-state index contributed by atoms with van der Waals surface area (Å²) in [7, 11) is -4.07. The highest BCUT2D eigenvalue weighted by Crippen LogP contribution is 2.21. The molecule has 3 aromatic rings. The van der Waals surface area contributed by atoms with Crippen LogP contribution in [0.4, 0.5) is 5.69 Å². The van der Waals surface area contributed by atoms with Crippen LogP contribution in [0.3, 0.4) is 0 Å². The number of phenols is 1. The number of rotatable bonds is 7. The van der Waals surface area contributed by atoms with Crippen LogP contribution in [0.1, 0.15) is 22.8 Å². The number of hydrogen-bond donors (Lipinski definition) is 2. The quantitative estimate of drug-likeness (QED) is 0.328. The van der Waals surface area contributed by atoms with Crippen LogP contribution in [0.15, 0.2) is 83.8 Å². The number of phenolic OH excluding ortho intramolecular Hbond substituents is 1. The molecule has 7 nitrogen and oxygen atoms in total. The Kier molecular flexibility index (Phi) is 6.52. The SMILES string of the molecule is CC(=O)Nc1ccc(S(=O)(=O)Oc2ccc(C(=O)/C=C/c3ccc(O)cc3)cc2)cc1. The van der Waals surface area contributed by atoms with Gasteiger partial charge in [0.1, 0.15) is 16.4 Å². The highest BCUT2D eigenvalue weighted by Gasteiger charge is 2.17. The molecule has 158 valence electrons. The predicted octanol–water partition coefficient (Wildman–Crippen LogP) is 4.01. The van der Waals surface area contributed by atoms with E-state index in [1.807, 2.05) is 0 Å². The van der Waals surface area contributed by atoms with Gasteiger partial charge in [0.25, 0.3) is 0 Å². The van der Waals surface area contributed by atoms with Crippen molar-refractivity contribution in [1.82, 2.24) is 0 Å². The van der Waals surface area contributed by atoms with Gasteiger partial charge in [-0.1, -0.05) is 18.2 Å². The van der Waals surface area contributed by atoms with Gasteiger partial charge in [-0.25, -0.2) is 0 Å². The fourth-order valence-electron chi connectivity index (χ4n) is 2.61. The molecule has 0 atom stereocenters. The summed E-state index contributed by atoms with van der Waals surface area (Å²) in [6.07, 6.45) is 3.00. The van der Waals surface area contributed by atoms with Crippen molar-refractivity contribution in [3.8, 4) is 11.5 Å². The number of amides is 1. The van der Waals surface area contributed by atoms with E-state index in [1.54, 1.807) is 18.2 Å². The summed E-state index contributed by atoms with van der Waals surface area (Å²) in [6, 6.07) is 17.7. The van der Waals surface area contributed by atoms with E-state index in [0.29, 0.717) is 11.3 Å². The van der Waals surface area contributed by atoms with Gasteiger partial charge < -0.3 is 14.6 Å². The Morgan fingerprint density at radius 3 is 2.10 bits per heavy atom. The first-order chi connectivity index (χ1) is 14.7. The topological polar surface area (TPSA) is 110 Å². The Morgan fingerprint density at radius 2 is 1.52 bits per heavy atom. The second-order valence-electron chi connectivity index (χ2n) is 6.56. The van der Waals surface area contributed by atoms with Crippen LogP contribution in [-0.2, 0) is 14.9 Å². The number of allylic oxidation sites excluding steroid dienone is 1. The number of carbonyl (C=O) groups excluding carboxylic acids is 2. The average Bonchev–Trinajstić information content (AvgIpc) is 2.73. The fourth-order valence-corrected chi connectivity index (χ4v) is 3.54. The molecule has 1 amide bonds. The fraction of sp³-hybridized carbons (Fsp3) is 0.0435. The number of aromatic hydroxyl groups is 1. The largest absolute Gasteiger partial charge is 0.508 e. The molecule has 3 rings (SSSR count). The first kappa shape index (κ1) is 21.8. The molecule has 3 aromatic carbocycles. The zero-order chi connectivity index (χ0) is 22.4. The lowest BCUT2D eigenvalue weighted by molar-refractivity contribution is -0.114. The van der Waals surface area contributed by atoms with Crippen molar-refractivity contribution in [3.05, 3.63) is 90.0 Å². The molecule has 0 saturated carbocycles. The van der Waals surface area contributed by atoms with Gasteiger partial charge in [-0.2, -0.15) is 8.42 Å². The van der Waals surface area contributed by atoms with E-state index in [2.05, 4.69) is 5.32 Å². The predicted molar refractivity (Wildman–Crippen MR) is 116 cm³/mol. The maximum atomic E-state index is 12.4. The molecule has 0 aliphatic carbocycles. The average molecular weight is 437 g/mol. The number of carbonyl (C=O) groups is 2. The second-order valence-corrected chi connectivity index (χ2v) is 8.10. The zero-order valence-corrected chi connectivity index (χ0v) is 17.3. The van der Waals surface area contributed by atoms with Crippen LogP contribution in [0, 0.1) is 0 Å². The summed E-state index contributed by atoms with van der Waals surface area (Å²) < 4.78 is 30.0. The van der Waals surface area contributed by atoms with Crippen LogP contribution < -0.4 is 9.50 Å². The Labute approximate surface area is 179 Å². The molecule has 0 spiro atoms. The standard InChI is InChI=1S/C23H19NO6S/c1-16(25)24-19-7-13-22(14-8-19)31(28,29)30-21-11-5-18(6-12-21)23(27)15-4-17-2-9-20(26)10-3-17/h2-15,26H,1H3,(H,24,25)/b15-4+. The highest BCUT2D eigenvalue weighted by atomic mass is 32.2. The highest BCUT2D eigenvalue weighted by molar-refractivity contribution is 7.87. The van der Waals surface area contributed by atoms with E-state index >= 15 is 0 Å². The van der Waals surface area contributed by atoms with Crippen molar-refractivity contribution >= 4 is 33.6 Å². The minimum absolute atomic E-state index is 0.0602. The summed E-state index contributed by atoms with van der Waals surface area (Å²) in [5.74, 6) is -0.335. The van der Waals surface area contributed by atoms with Gasteiger partial charge in [0.15, 0.2) is 5.78 Å². The number of ketones is 1. The van der Waals surface area contributed by atoms with E-state index < -0.39 is 10.1 Å². The third-order valence-electron chi connectivity index (χ3n) is 4.13. The molecule has 0 aromatic heterocycles. The summed E-state index contributed by atoms with van der Waals surface area (Å²) in [4.78, 5) is 23.3. The van der Waals surface area contributed by atoms with E-state index in [0.717, 1.165) is 5.56 Å². The van der Waals surface area contributed by atoms with Crippen molar-refractivity contribution in [3.63, 3.8) is 0 Å². The van der Waals surface area contributed by atoms with E-state index in [9.17, 15) is 23.1 Å². The van der Waals surface area contributed by atoms with E-state index in [-0.39, 0.29) is 28.1 Å². The molecule has 0 aliphatic rings. The van der Waals surface area contributed by atoms with Gasteiger partial charge in [0.2, 0.25) is 5.91 Å². The Morgan fingerprint density at radius 1 is 0.903 bits per heavy atom. The molecular weight excluding hydrogens is 418 g/mol. The van der Waals surface area contributed by atoms with Gasteiger partial charge in [-0.05, 0) is 72.3 Å². The molecule has 2 N–H and O–H groups in total. The zero-order valence-electron chi connectivity index (χ0n) is 16.5. The molecule has 0 saturated heterocycles. The molecule has 31 heavy (non-hydrogen) atoms. The summed E-state index contributed by atoms with van der Waals surface area (Å²) >= 11 is 0. The molecule has 0 aliphatic heterocycles. The van der Waals surface area contributed by atoms with E-state index in [4.69, 9.17) is 4.18 Å². The van der Waals surface area contributed by atoms with E-state index in [1.165, 1.54) is 73.7 Å². The molecule has 0 radical (unpaired) electrons. The lowest BCUT2D eigenvalue weighted by atomic mass is 10.1. The number of hydrogen-bond acceptors (Lipinski definition) is 6. The molecule has 0 fully saturated rings. The monoisotopic (exact) mass is 437 g/mol. The molecule has 0 unspecified atom stereocenters. The van der Waals surface area contributed by atoms with Gasteiger partial charge in [-0.15, -0.1) is 0 Å². The first-order valence-corrected chi connectivity index (χ1v) is 10.6. The minimum atomic E-state index is -4.07. The smallest absolute Gasteiger partial charge is 0.339 e. The Hall–Kier alpha value is -3.91. The van der Waals surface area contributed by atoms with Gasteiger partial charge in [0, 0.05) is 18.2 Å². The summed E-state index contributed by atoms with van der Waals surface area (Å²) in [5.41, 5.74) is 1.58. The lowest BCUT2D eigenvalue weighted by Crippen LogP contribution is -2.10. The van der Waals surface area contributed by atoms with Crippen LogP contribution in [-0.4, -0.2) is 25.2 Å². The van der Waals surface area contributed by atoms with Crippen molar-refractivity contribution in [2.45, 2.75) is 11.8 Å². The van der Waals surface area contributed by atoms with Crippen molar-refractivity contribution in [2.75, 3.05) is 5.32 Å². The van der Waals surface area contributed by atoms with Gasteiger partial charge in [-0.3, -0.25) is 9.59 Å². The van der Waals surface area contributed by atoms with Crippen LogP contribution >= 0.6 is 0 Å². The number of nitrogens with one attached hydrogen (secondary N) is 1. The molecule has 0 heterocycles. The third kappa shape index (κ3) is 6.03. The maximum Gasteiger partial charge on any atom is 0.339 e. The van der Waals surface area contributed by atoms with Crippen LogP contribution in [0.25, 0.3) is 6.08 Å². The number of anilines is 1. The molecule has 8 heteroatoms. The first-order valence-electron chi connectivity index (χ1n) is 9.16. The molecule has 0 bridgehead atoms. The van der Waals surface area contributed by atoms with Crippen molar-refractivity contribution < 1.29 is 27.3 Å². The van der Waals surface area contributed by atoms with Crippen LogP contribution in [0.2, 0.25) is 0 Å². The van der Waals surface area contributed by atoms with Crippen LogP contribution in [0.5, 0.6) is 11.5 Å². The van der Waals surface area contributed by atoms with Crippen molar-refractivity contribution in [2.24, 2.45) is 0 Å². The summed E-state index contributed by atoms with van der Waals surface area (Å²) in [5, 5.41) is 11.8. The normalized spacial score (nSPS) is 11.3. The van der Waals surface area contributed by atoms with Gasteiger partial charge in [0.05, 0.1) is 0 Å². The van der Waals surface area contributed by atoms with Gasteiger partial charge >= 0.3 is 10.1 Å². The third-order valence-corrected chi connectivity index (χ3v) is 5.39. The van der Waals surface area contributed by atoms with Crippen molar-refractivity contribution in [1.29, 1.82) is 0 Å². The lowest BCUT2D eigenvalue weighted by Gasteiger charge is -2.08. The number of benzene rings is 3. The Bertz CT molecular complexity index is 1210. The Balaban J connectivity index is 1.67. The minimum Gasteiger partial charge on any atom is -0.508 e. The second kappa shape index (κ2) is 9.27. The maximum absolute atomic E-state index is 12.4. The summed E-state index contributed by atoms with van der Waals surface area (Å²) in [6.45, 7) is 1.35. The molecular formula is C23H19NO6S.